The molecule has 3 aromatic rings. The second-order valence-corrected chi connectivity index (χ2v) is 8.30. The van der Waals surface area contributed by atoms with Gasteiger partial charge in [0.25, 0.3) is 0 Å². The number of guanidine groups is 1. The molecule has 0 bridgehead atoms. The summed E-state index contributed by atoms with van der Waals surface area (Å²) >= 11 is 5.63. The standard InChI is InChI=1S/C25H28N6S/c1-4-19-9-7-8-12-22(19)28-25(32)30-24(29-23-26-17(2)15-18(3)27-23)31-14-13-20-10-5-6-11-21(20)16-31/h5-12,15H,4,13-14,16H2,1-3H3,(H2,26,27,28,29,30,32). The van der Waals surface area contributed by atoms with Crippen molar-refractivity contribution in [2.24, 2.45) is 4.99 Å². The van der Waals surface area contributed by atoms with E-state index < -0.39 is 0 Å². The van der Waals surface area contributed by atoms with Crippen molar-refractivity contribution in [1.29, 1.82) is 0 Å². The number of hydrogen-bond donors (Lipinski definition) is 2. The van der Waals surface area contributed by atoms with Crippen LogP contribution >= 0.6 is 12.2 Å². The molecule has 1 aliphatic heterocycles. The molecule has 0 fully saturated rings. The lowest BCUT2D eigenvalue weighted by Gasteiger charge is -2.31. The SMILES string of the molecule is CCc1ccccc1NC(=S)/N=C(/Nc1nc(C)cc(C)n1)N1CCc2ccccc2C1. The number of hydrogen-bond acceptors (Lipinski definition) is 3. The monoisotopic (exact) mass is 444 g/mol. The van der Waals surface area contributed by atoms with Gasteiger partial charge in [-0.1, -0.05) is 49.4 Å². The van der Waals surface area contributed by atoms with Gasteiger partial charge in [0, 0.05) is 30.2 Å². The molecule has 1 aliphatic rings. The van der Waals surface area contributed by atoms with Crippen LogP contribution in [-0.4, -0.2) is 32.5 Å². The maximum atomic E-state index is 5.63. The maximum Gasteiger partial charge on any atom is 0.229 e. The summed E-state index contributed by atoms with van der Waals surface area (Å²) < 4.78 is 0. The van der Waals surface area contributed by atoms with Gasteiger partial charge >= 0.3 is 0 Å². The number of benzene rings is 2. The van der Waals surface area contributed by atoms with Crippen LogP contribution in [-0.2, 0) is 19.4 Å². The highest BCUT2D eigenvalue weighted by Gasteiger charge is 2.21. The van der Waals surface area contributed by atoms with Crippen molar-refractivity contribution in [3.8, 4) is 0 Å². The first-order valence-electron chi connectivity index (χ1n) is 10.9. The average molecular weight is 445 g/mol. The number of fused-ring (bicyclic) bond motifs is 1. The Labute approximate surface area is 194 Å². The van der Waals surface area contributed by atoms with Crippen molar-refractivity contribution in [3.63, 3.8) is 0 Å². The van der Waals surface area contributed by atoms with E-state index in [1.165, 1.54) is 16.7 Å². The van der Waals surface area contributed by atoms with Gasteiger partial charge in [0.2, 0.25) is 17.0 Å². The maximum absolute atomic E-state index is 5.63. The molecule has 4 rings (SSSR count). The Hall–Kier alpha value is -3.32. The number of thiocarbonyl (C=S) groups is 1. The number of aromatic nitrogens is 2. The summed E-state index contributed by atoms with van der Waals surface area (Å²) in [7, 11) is 0. The van der Waals surface area contributed by atoms with E-state index in [2.05, 4.69) is 62.8 Å². The third-order valence-electron chi connectivity index (χ3n) is 5.48. The van der Waals surface area contributed by atoms with Crippen LogP contribution in [0.2, 0.25) is 0 Å². The van der Waals surface area contributed by atoms with Gasteiger partial charge in [-0.3, -0.25) is 5.32 Å². The van der Waals surface area contributed by atoms with E-state index >= 15 is 0 Å². The van der Waals surface area contributed by atoms with Crippen molar-refractivity contribution in [2.45, 2.75) is 40.2 Å². The lowest BCUT2D eigenvalue weighted by molar-refractivity contribution is 0.393. The predicted molar refractivity (Wildman–Crippen MR) is 135 cm³/mol. The Balaban J connectivity index is 1.63. The molecule has 2 N–H and O–H groups in total. The summed E-state index contributed by atoms with van der Waals surface area (Å²) in [4.78, 5) is 16.0. The first-order valence-corrected chi connectivity index (χ1v) is 11.3. The van der Waals surface area contributed by atoms with Gasteiger partial charge in [0.15, 0.2) is 0 Å². The molecular weight excluding hydrogens is 416 g/mol. The van der Waals surface area contributed by atoms with Gasteiger partial charge in [-0.2, -0.15) is 4.99 Å². The molecule has 0 saturated carbocycles. The lowest BCUT2D eigenvalue weighted by atomic mass is 10.0. The Morgan fingerprint density at radius 2 is 1.69 bits per heavy atom. The van der Waals surface area contributed by atoms with Gasteiger partial charge in [-0.15, -0.1) is 0 Å². The Morgan fingerprint density at radius 3 is 2.44 bits per heavy atom. The smallest absolute Gasteiger partial charge is 0.229 e. The fourth-order valence-corrected chi connectivity index (χ4v) is 4.12. The van der Waals surface area contributed by atoms with E-state index in [1.807, 2.05) is 38.1 Å². The number of para-hydroxylation sites is 1. The van der Waals surface area contributed by atoms with Crippen molar-refractivity contribution in [2.75, 3.05) is 17.2 Å². The third-order valence-corrected chi connectivity index (χ3v) is 5.68. The number of nitrogens with zero attached hydrogens (tertiary/aromatic N) is 4. The molecule has 0 atom stereocenters. The molecule has 0 amide bonds. The third kappa shape index (κ3) is 5.29. The highest BCUT2D eigenvalue weighted by atomic mass is 32.1. The number of rotatable bonds is 3. The molecule has 2 aromatic carbocycles. The molecule has 2 heterocycles. The van der Waals surface area contributed by atoms with E-state index in [9.17, 15) is 0 Å². The normalized spacial score (nSPS) is 13.5. The van der Waals surface area contributed by atoms with Crippen LogP contribution in [0.5, 0.6) is 0 Å². The minimum atomic E-state index is 0.400. The zero-order valence-corrected chi connectivity index (χ0v) is 19.5. The molecule has 164 valence electrons. The molecule has 6 nitrogen and oxygen atoms in total. The number of aryl methyl sites for hydroxylation is 3. The Kier molecular flexibility index (Phi) is 6.75. The molecule has 32 heavy (non-hydrogen) atoms. The number of anilines is 2. The van der Waals surface area contributed by atoms with E-state index in [-0.39, 0.29) is 0 Å². The van der Waals surface area contributed by atoms with Crippen molar-refractivity contribution >= 4 is 34.9 Å². The second kappa shape index (κ2) is 9.87. The molecule has 0 spiro atoms. The van der Waals surface area contributed by atoms with Gasteiger partial charge in [-0.25, -0.2) is 9.97 Å². The molecule has 1 aromatic heterocycles. The highest BCUT2D eigenvalue weighted by molar-refractivity contribution is 7.80. The summed E-state index contributed by atoms with van der Waals surface area (Å²) in [5, 5.41) is 7.03. The van der Waals surface area contributed by atoms with E-state index in [1.54, 1.807) is 0 Å². The van der Waals surface area contributed by atoms with Crippen LogP contribution in [0.4, 0.5) is 11.6 Å². The summed E-state index contributed by atoms with van der Waals surface area (Å²) in [6.45, 7) is 7.63. The van der Waals surface area contributed by atoms with E-state index in [0.717, 1.165) is 43.0 Å². The minimum absolute atomic E-state index is 0.400. The molecule has 0 aliphatic carbocycles. The van der Waals surface area contributed by atoms with Gasteiger partial charge in [0.05, 0.1) is 0 Å². The summed E-state index contributed by atoms with van der Waals surface area (Å²) in [6.07, 6.45) is 1.86. The Bertz CT molecular complexity index is 1140. The quantitative estimate of drug-likeness (QED) is 0.341. The van der Waals surface area contributed by atoms with Crippen LogP contribution in [0, 0.1) is 13.8 Å². The predicted octanol–water partition coefficient (Wildman–Crippen LogP) is 4.88. The fraction of sp³-hybridized carbons (Fsp3) is 0.280. The fourth-order valence-electron chi connectivity index (χ4n) is 3.93. The first-order chi connectivity index (χ1) is 15.5. The molecule has 0 unspecified atom stereocenters. The molecule has 7 heteroatoms. The topological polar surface area (TPSA) is 65.4 Å². The van der Waals surface area contributed by atoms with Crippen LogP contribution in [0.25, 0.3) is 0 Å². The van der Waals surface area contributed by atoms with Crippen molar-refractivity contribution in [1.82, 2.24) is 14.9 Å². The van der Waals surface area contributed by atoms with E-state index in [0.29, 0.717) is 17.0 Å². The minimum Gasteiger partial charge on any atom is -0.338 e. The number of nitrogens with one attached hydrogen (secondary N) is 2. The lowest BCUT2D eigenvalue weighted by Crippen LogP contribution is -2.41. The van der Waals surface area contributed by atoms with Crippen LogP contribution in [0.3, 0.4) is 0 Å². The first kappa shape index (κ1) is 21.9. The summed E-state index contributed by atoms with van der Waals surface area (Å²) in [6, 6.07) is 18.6. The zero-order valence-electron chi connectivity index (χ0n) is 18.7. The number of aliphatic imine (C=N–C) groups is 1. The van der Waals surface area contributed by atoms with Crippen LogP contribution in [0.1, 0.15) is 35.0 Å². The van der Waals surface area contributed by atoms with E-state index in [4.69, 9.17) is 17.2 Å². The van der Waals surface area contributed by atoms with Gasteiger partial charge < -0.3 is 10.2 Å². The largest absolute Gasteiger partial charge is 0.338 e. The summed E-state index contributed by atoms with van der Waals surface area (Å²) in [5.74, 6) is 1.17. The average Bonchev–Trinajstić information content (AvgIpc) is 2.78. The van der Waals surface area contributed by atoms with Crippen molar-refractivity contribution < 1.29 is 0 Å². The van der Waals surface area contributed by atoms with Crippen LogP contribution in [0.15, 0.2) is 59.6 Å². The second-order valence-electron chi connectivity index (χ2n) is 7.92. The van der Waals surface area contributed by atoms with Gasteiger partial charge in [-0.05, 0) is 67.7 Å². The van der Waals surface area contributed by atoms with Crippen LogP contribution < -0.4 is 10.6 Å². The molecular formula is C25H28N6S. The van der Waals surface area contributed by atoms with Gasteiger partial charge in [0.1, 0.15) is 0 Å². The highest BCUT2D eigenvalue weighted by Crippen LogP contribution is 2.20. The molecule has 0 saturated heterocycles. The van der Waals surface area contributed by atoms with Crippen molar-refractivity contribution in [3.05, 3.63) is 82.7 Å². The Morgan fingerprint density at radius 1 is 1.00 bits per heavy atom. The zero-order chi connectivity index (χ0) is 22.5. The summed E-state index contributed by atoms with van der Waals surface area (Å²) in [5.41, 5.74) is 6.66. The molecule has 0 radical (unpaired) electrons.